The van der Waals surface area contributed by atoms with Gasteiger partial charge in [-0.2, -0.15) is 0 Å². The Morgan fingerprint density at radius 3 is 2.44 bits per heavy atom. The molecular formula is C13H27NO2. The van der Waals surface area contributed by atoms with Gasteiger partial charge in [0.2, 0.25) is 0 Å². The molecule has 0 amide bonds. The first kappa shape index (κ1) is 13.9. The van der Waals surface area contributed by atoms with Crippen molar-refractivity contribution in [2.45, 2.75) is 64.1 Å². The van der Waals surface area contributed by atoms with Crippen LogP contribution in [0.15, 0.2) is 0 Å². The predicted octanol–water partition coefficient (Wildman–Crippen LogP) is 2.04. The van der Waals surface area contributed by atoms with Crippen molar-refractivity contribution in [3.05, 3.63) is 0 Å². The highest BCUT2D eigenvalue weighted by atomic mass is 16.5. The molecule has 1 aliphatic rings. The molecule has 0 radical (unpaired) electrons. The highest BCUT2D eigenvalue weighted by Gasteiger charge is 2.33. The zero-order valence-electron chi connectivity index (χ0n) is 11.0. The number of aliphatic hydroxyl groups is 1. The minimum absolute atomic E-state index is 0.127. The normalized spacial score (nSPS) is 25.9. The summed E-state index contributed by atoms with van der Waals surface area (Å²) in [4.78, 5) is 2.47. The van der Waals surface area contributed by atoms with Crippen LogP contribution in [-0.2, 0) is 4.74 Å². The molecule has 3 nitrogen and oxygen atoms in total. The van der Waals surface area contributed by atoms with E-state index in [-0.39, 0.29) is 6.10 Å². The van der Waals surface area contributed by atoms with Gasteiger partial charge >= 0.3 is 0 Å². The maximum atomic E-state index is 10.0. The number of hydrogen-bond donors (Lipinski definition) is 1. The van der Waals surface area contributed by atoms with Crippen molar-refractivity contribution >= 4 is 0 Å². The van der Waals surface area contributed by atoms with E-state index in [9.17, 15) is 5.11 Å². The molecule has 0 heterocycles. The molecule has 96 valence electrons. The van der Waals surface area contributed by atoms with E-state index in [1.54, 1.807) is 7.11 Å². The van der Waals surface area contributed by atoms with Crippen LogP contribution in [0.4, 0.5) is 0 Å². The first-order chi connectivity index (χ1) is 7.74. The topological polar surface area (TPSA) is 32.7 Å². The van der Waals surface area contributed by atoms with Gasteiger partial charge in [-0.1, -0.05) is 13.8 Å². The second-order valence-electron chi connectivity index (χ2n) is 4.77. The summed E-state index contributed by atoms with van der Waals surface area (Å²) in [7, 11) is 1.75. The molecule has 1 aliphatic carbocycles. The van der Waals surface area contributed by atoms with Gasteiger partial charge in [0.25, 0.3) is 0 Å². The molecule has 0 aromatic carbocycles. The van der Waals surface area contributed by atoms with E-state index in [0.717, 1.165) is 45.3 Å². The first-order valence-corrected chi connectivity index (χ1v) is 6.67. The molecule has 1 saturated carbocycles. The number of hydrogen-bond acceptors (Lipinski definition) is 3. The van der Waals surface area contributed by atoms with Crippen molar-refractivity contribution in [3.63, 3.8) is 0 Å². The third-order valence-electron chi connectivity index (χ3n) is 3.84. The Hall–Kier alpha value is -0.120. The van der Waals surface area contributed by atoms with Crippen molar-refractivity contribution in [1.29, 1.82) is 0 Å². The summed E-state index contributed by atoms with van der Waals surface area (Å²) in [5, 5.41) is 10.0. The minimum atomic E-state index is -0.127. The lowest BCUT2D eigenvalue weighted by molar-refractivity contribution is 0.0230. The molecule has 0 bridgehead atoms. The molecule has 0 spiro atoms. The van der Waals surface area contributed by atoms with Gasteiger partial charge in [-0.15, -0.1) is 0 Å². The second kappa shape index (κ2) is 7.25. The minimum Gasteiger partial charge on any atom is -0.391 e. The molecule has 0 saturated heterocycles. The standard InChI is InChI=1S/C13H27NO2/c1-4-11(5-2)14(9-10-16-3)12-7-6-8-13(12)15/h11-13,15H,4-10H2,1-3H3/t12-,13-/m0/s1. The summed E-state index contributed by atoms with van der Waals surface area (Å²) >= 11 is 0. The Labute approximate surface area is 99.8 Å². The number of ether oxygens (including phenoxy) is 1. The predicted molar refractivity (Wildman–Crippen MR) is 66.6 cm³/mol. The summed E-state index contributed by atoms with van der Waals surface area (Å²) in [5.41, 5.74) is 0. The molecule has 16 heavy (non-hydrogen) atoms. The molecule has 1 fully saturated rings. The highest BCUT2D eigenvalue weighted by Crippen LogP contribution is 2.27. The number of aliphatic hydroxyl groups excluding tert-OH is 1. The Morgan fingerprint density at radius 2 is 2.00 bits per heavy atom. The van der Waals surface area contributed by atoms with Crippen LogP contribution in [0.2, 0.25) is 0 Å². The fourth-order valence-electron chi connectivity index (χ4n) is 2.88. The lowest BCUT2D eigenvalue weighted by atomic mass is 10.1. The largest absolute Gasteiger partial charge is 0.391 e. The monoisotopic (exact) mass is 229 g/mol. The molecule has 2 atom stereocenters. The zero-order valence-corrected chi connectivity index (χ0v) is 11.0. The third-order valence-corrected chi connectivity index (χ3v) is 3.84. The number of rotatable bonds is 7. The molecule has 0 aromatic heterocycles. The summed E-state index contributed by atoms with van der Waals surface area (Å²) in [6.07, 6.45) is 5.45. The van der Waals surface area contributed by atoms with Gasteiger partial charge in [0.05, 0.1) is 12.7 Å². The Bertz CT molecular complexity index is 183. The maximum absolute atomic E-state index is 10.0. The first-order valence-electron chi connectivity index (χ1n) is 6.67. The van der Waals surface area contributed by atoms with Gasteiger partial charge in [-0.3, -0.25) is 4.90 Å². The van der Waals surface area contributed by atoms with Crippen LogP contribution in [0.5, 0.6) is 0 Å². The number of methoxy groups -OCH3 is 1. The van der Waals surface area contributed by atoms with E-state index >= 15 is 0 Å². The average molecular weight is 229 g/mol. The fourth-order valence-corrected chi connectivity index (χ4v) is 2.88. The van der Waals surface area contributed by atoms with Gasteiger partial charge < -0.3 is 9.84 Å². The molecule has 0 aromatic rings. The molecular weight excluding hydrogens is 202 g/mol. The van der Waals surface area contributed by atoms with Gasteiger partial charge in [0.15, 0.2) is 0 Å². The summed E-state index contributed by atoms with van der Waals surface area (Å²) < 4.78 is 5.18. The van der Waals surface area contributed by atoms with Crippen molar-refractivity contribution < 1.29 is 9.84 Å². The van der Waals surface area contributed by atoms with E-state index in [0.29, 0.717) is 12.1 Å². The highest BCUT2D eigenvalue weighted by molar-refractivity contribution is 4.88. The van der Waals surface area contributed by atoms with Crippen LogP contribution >= 0.6 is 0 Å². The molecule has 0 aliphatic heterocycles. The van der Waals surface area contributed by atoms with Gasteiger partial charge in [-0.05, 0) is 32.1 Å². The van der Waals surface area contributed by atoms with Crippen LogP contribution in [0.1, 0.15) is 46.0 Å². The molecule has 1 rings (SSSR count). The lowest BCUT2D eigenvalue weighted by Crippen LogP contribution is -2.47. The number of nitrogens with zero attached hydrogens (tertiary/aromatic N) is 1. The summed E-state index contributed by atoms with van der Waals surface area (Å²) in [6, 6.07) is 0.952. The van der Waals surface area contributed by atoms with Crippen LogP contribution in [0, 0.1) is 0 Å². The Morgan fingerprint density at radius 1 is 1.31 bits per heavy atom. The van der Waals surface area contributed by atoms with Crippen molar-refractivity contribution in [3.8, 4) is 0 Å². The fraction of sp³-hybridized carbons (Fsp3) is 1.00. The summed E-state index contributed by atoms with van der Waals surface area (Å²) in [5.74, 6) is 0. The van der Waals surface area contributed by atoms with E-state index in [4.69, 9.17) is 4.74 Å². The lowest BCUT2D eigenvalue weighted by Gasteiger charge is -2.37. The zero-order chi connectivity index (χ0) is 12.0. The van der Waals surface area contributed by atoms with Crippen molar-refractivity contribution in [1.82, 2.24) is 4.90 Å². The second-order valence-corrected chi connectivity index (χ2v) is 4.77. The van der Waals surface area contributed by atoms with Gasteiger partial charge in [0, 0.05) is 25.7 Å². The van der Waals surface area contributed by atoms with Gasteiger partial charge in [-0.25, -0.2) is 0 Å². The van der Waals surface area contributed by atoms with E-state index in [1.807, 2.05) is 0 Å². The van der Waals surface area contributed by atoms with E-state index < -0.39 is 0 Å². The maximum Gasteiger partial charge on any atom is 0.0695 e. The van der Waals surface area contributed by atoms with Crippen molar-refractivity contribution in [2.75, 3.05) is 20.3 Å². The quantitative estimate of drug-likeness (QED) is 0.725. The average Bonchev–Trinajstić information content (AvgIpc) is 2.71. The van der Waals surface area contributed by atoms with E-state index in [2.05, 4.69) is 18.7 Å². The van der Waals surface area contributed by atoms with Crippen LogP contribution in [-0.4, -0.2) is 48.5 Å². The Kier molecular flexibility index (Phi) is 6.32. The van der Waals surface area contributed by atoms with Gasteiger partial charge in [0.1, 0.15) is 0 Å². The van der Waals surface area contributed by atoms with Crippen molar-refractivity contribution in [2.24, 2.45) is 0 Å². The van der Waals surface area contributed by atoms with Crippen LogP contribution in [0.25, 0.3) is 0 Å². The van der Waals surface area contributed by atoms with Crippen LogP contribution in [0.3, 0.4) is 0 Å². The van der Waals surface area contributed by atoms with Crippen LogP contribution < -0.4 is 0 Å². The summed E-state index contributed by atoms with van der Waals surface area (Å²) in [6.45, 7) is 6.18. The Balaban J connectivity index is 2.60. The smallest absolute Gasteiger partial charge is 0.0695 e. The SMILES string of the molecule is CCC(CC)N(CCOC)[C@H]1CCC[C@@H]1O. The molecule has 1 N–H and O–H groups in total. The molecule has 3 heteroatoms. The van der Waals surface area contributed by atoms with E-state index in [1.165, 1.54) is 0 Å². The third kappa shape index (κ3) is 3.44. The molecule has 0 unspecified atom stereocenters.